The molecule has 1 saturated heterocycles. The maximum atomic E-state index is 14.5. The Hall–Kier alpha value is -2.02. The van der Waals surface area contributed by atoms with Crippen molar-refractivity contribution in [1.29, 1.82) is 0 Å². The molecule has 9 heteroatoms. The highest BCUT2D eigenvalue weighted by Gasteiger charge is 2.57. The van der Waals surface area contributed by atoms with E-state index < -0.39 is 36.4 Å². The predicted molar refractivity (Wildman–Crippen MR) is 60.4 cm³/mol. The number of anilines is 1. The first-order chi connectivity index (χ1) is 8.93. The summed E-state index contributed by atoms with van der Waals surface area (Å²) in [5.41, 5.74) is 1.59. The summed E-state index contributed by atoms with van der Waals surface area (Å²) >= 11 is 0. The van der Waals surface area contributed by atoms with Crippen LogP contribution in [-0.2, 0) is 4.74 Å². The molecule has 19 heavy (non-hydrogen) atoms. The second-order valence-corrected chi connectivity index (χ2v) is 3.97. The third-order valence-electron chi connectivity index (χ3n) is 2.84. The number of aromatic nitrogens is 3. The van der Waals surface area contributed by atoms with E-state index >= 15 is 0 Å². The summed E-state index contributed by atoms with van der Waals surface area (Å²) in [6.07, 6.45) is 1.29. The van der Waals surface area contributed by atoms with Crippen molar-refractivity contribution in [3.8, 4) is 12.3 Å². The van der Waals surface area contributed by atoms with E-state index in [-0.39, 0.29) is 5.95 Å². The summed E-state index contributed by atoms with van der Waals surface area (Å²) in [5.74, 6) is 1.46. The zero-order valence-electron chi connectivity index (χ0n) is 9.60. The Morgan fingerprint density at radius 2 is 2.42 bits per heavy atom. The fourth-order valence-electron chi connectivity index (χ4n) is 1.84. The van der Waals surface area contributed by atoms with Crippen molar-refractivity contribution < 1.29 is 19.3 Å². The first-order valence-electron chi connectivity index (χ1n) is 5.25. The SMILES string of the molecule is C#CC1(F)C(n2cnc(N)nc2=O)OC(CO)[C@@H]1O. The molecule has 1 aliphatic rings. The van der Waals surface area contributed by atoms with Crippen LogP contribution in [0.3, 0.4) is 0 Å². The molecule has 0 aromatic carbocycles. The van der Waals surface area contributed by atoms with Gasteiger partial charge >= 0.3 is 5.69 Å². The standard InChI is InChI=1S/C10H11FN4O4/c1-2-10(11)6(17)5(3-16)19-7(10)15-4-13-8(12)14-9(15)18/h1,4-7,16-17H,3H2,(H2,12,14,18)/t5?,6-,7?,10?/m0/s1. The summed E-state index contributed by atoms with van der Waals surface area (Å²) in [5, 5.41) is 18.7. The van der Waals surface area contributed by atoms with Gasteiger partial charge < -0.3 is 20.7 Å². The smallest absolute Gasteiger partial charge is 0.354 e. The summed E-state index contributed by atoms with van der Waals surface area (Å²) < 4.78 is 20.3. The fraction of sp³-hybridized carbons (Fsp3) is 0.500. The summed E-state index contributed by atoms with van der Waals surface area (Å²) in [6.45, 7) is -0.657. The number of ether oxygens (including phenoxy) is 1. The molecule has 4 atom stereocenters. The largest absolute Gasteiger partial charge is 0.394 e. The summed E-state index contributed by atoms with van der Waals surface area (Å²) in [6, 6.07) is 0. The first-order valence-corrected chi connectivity index (χ1v) is 5.25. The van der Waals surface area contributed by atoms with Crippen molar-refractivity contribution in [3.05, 3.63) is 16.8 Å². The maximum absolute atomic E-state index is 14.5. The Bertz CT molecular complexity index is 586. The van der Waals surface area contributed by atoms with Crippen LogP contribution < -0.4 is 11.4 Å². The molecule has 0 spiro atoms. The molecule has 0 amide bonds. The summed E-state index contributed by atoms with van der Waals surface area (Å²) in [4.78, 5) is 18.4. The Morgan fingerprint density at radius 1 is 1.74 bits per heavy atom. The van der Waals surface area contributed by atoms with E-state index in [1.807, 2.05) is 0 Å². The van der Waals surface area contributed by atoms with Crippen LogP contribution >= 0.6 is 0 Å². The minimum atomic E-state index is -2.68. The number of hydrogen-bond acceptors (Lipinski definition) is 7. The molecular weight excluding hydrogens is 259 g/mol. The van der Waals surface area contributed by atoms with Crippen LogP contribution in [0.4, 0.5) is 10.3 Å². The maximum Gasteiger partial charge on any atom is 0.354 e. The van der Waals surface area contributed by atoms with Gasteiger partial charge in [-0.25, -0.2) is 14.2 Å². The van der Waals surface area contributed by atoms with Crippen molar-refractivity contribution in [2.45, 2.75) is 24.1 Å². The molecule has 1 aromatic rings. The van der Waals surface area contributed by atoms with Gasteiger partial charge in [0, 0.05) is 0 Å². The van der Waals surface area contributed by atoms with Gasteiger partial charge in [-0.2, -0.15) is 4.98 Å². The topological polar surface area (TPSA) is 123 Å². The van der Waals surface area contributed by atoms with Gasteiger partial charge in [-0.15, -0.1) is 6.42 Å². The van der Waals surface area contributed by atoms with Gasteiger partial charge in [0.15, 0.2) is 6.23 Å². The van der Waals surface area contributed by atoms with Gasteiger partial charge in [-0.1, -0.05) is 5.92 Å². The van der Waals surface area contributed by atoms with Crippen LogP contribution in [0.25, 0.3) is 0 Å². The molecule has 8 nitrogen and oxygen atoms in total. The second-order valence-electron chi connectivity index (χ2n) is 3.97. The van der Waals surface area contributed by atoms with E-state index in [0.29, 0.717) is 4.57 Å². The number of rotatable bonds is 2. The average molecular weight is 270 g/mol. The zero-order valence-corrected chi connectivity index (χ0v) is 9.60. The fourth-order valence-corrected chi connectivity index (χ4v) is 1.84. The molecule has 0 aliphatic carbocycles. The highest BCUT2D eigenvalue weighted by molar-refractivity contribution is 5.20. The molecule has 0 saturated carbocycles. The third-order valence-corrected chi connectivity index (χ3v) is 2.84. The van der Waals surface area contributed by atoms with Crippen LogP contribution in [0.5, 0.6) is 0 Å². The van der Waals surface area contributed by atoms with E-state index in [1.165, 1.54) is 0 Å². The Balaban J connectivity index is 2.49. The Morgan fingerprint density at radius 3 is 2.95 bits per heavy atom. The van der Waals surface area contributed by atoms with Crippen molar-refractivity contribution >= 4 is 5.95 Å². The molecule has 2 rings (SSSR count). The molecule has 0 radical (unpaired) electrons. The van der Waals surface area contributed by atoms with E-state index in [9.17, 15) is 14.3 Å². The van der Waals surface area contributed by atoms with E-state index in [2.05, 4.69) is 9.97 Å². The number of terminal acetylenes is 1. The lowest BCUT2D eigenvalue weighted by Crippen LogP contribution is -2.44. The number of aliphatic hydroxyl groups is 2. The number of nitrogens with two attached hydrogens (primary N) is 1. The van der Waals surface area contributed by atoms with Crippen LogP contribution in [0.15, 0.2) is 11.1 Å². The number of aliphatic hydroxyl groups excluding tert-OH is 2. The molecule has 0 bridgehead atoms. The lowest BCUT2D eigenvalue weighted by molar-refractivity contribution is -0.0547. The van der Waals surface area contributed by atoms with Gasteiger partial charge in [-0.05, 0) is 0 Å². The van der Waals surface area contributed by atoms with Gasteiger partial charge in [0.05, 0.1) is 6.61 Å². The molecule has 4 N–H and O–H groups in total. The normalized spacial score (nSPS) is 34.1. The summed E-state index contributed by atoms with van der Waals surface area (Å²) in [7, 11) is 0. The third kappa shape index (κ3) is 1.95. The van der Waals surface area contributed by atoms with Gasteiger partial charge in [0.2, 0.25) is 11.6 Å². The van der Waals surface area contributed by atoms with Crippen LogP contribution in [0, 0.1) is 12.3 Å². The van der Waals surface area contributed by atoms with Crippen LogP contribution in [0.1, 0.15) is 6.23 Å². The minimum Gasteiger partial charge on any atom is -0.394 e. The lowest BCUT2D eigenvalue weighted by Gasteiger charge is -2.23. The molecule has 1 aromatic heterocycles. The molecule has 102 valence electrons. The minimum absolute atomic E-state index is 0.288. The monoisotopic (exact) mass is 270 g/mol. The average Bonchev–Trinajstić information content (AvgIpc) is 2.63. The molecule has 3 unspecified atom stereocenters. The molecule has 1 aliphatic heterocycles. The highest BCUT2D eigenvalue weighted by atomic mass is 19.1. The number of hydrogen-bond donors (Lipinski definition) is 3. The van der Waals surface area contributed by atoms with Gasteiger partial charge in [0.25, 0.3) is 0 Å². The van der Waals surface area contributed by atoms with Crippen LogP contribution in [0.2, 0.25) is 0 Å². The van der Waals surface area contributed by atoms with Crippen molar-refractivity contribution in [1.82, 2.24) is 14.5 Å². The first kappa shape index (κ1) is 13.4. The molecule has 1 fully saturated rings. The number of nitrogens with zero attached hydrogens (tertiary/aromatic N) is 3. The van der Waals surface area contributed by atoms with E-state index in [1.54, 1.807) is 5.92 Å². The number of nitrogen functional groups attached to an aromatic ring is 1. The van der Waals surface area contributed by atoms with Crippen LogP contribution in [-0.4, -0.2) is 49.2 Å². The molecule has 2 heterocycles. The quantitative estimate of drug-likeness (QED) is 0.521. The second kappa shape index (κ2) is 4.58. The number of halogens is 1. The predicted octanol–water partition coefficient (Wildman–Crippen LogP) is -2.19. The van der Waals surface area contributed by atoms with E-state index in [0.717, 1.165) is 6.33 Å². The Kier molecular flexibility index (Phi) is 3.23. The van der Waals surface area contributed by atoms with Crippen molar-refractivity contribution in [2.24, 2.45) is 0 Å². The van der Waals surface area contributed by atoms with Crippen molar-refractivity contribution in [3.63, 3.8) is 0 Å². The number of alkyl halides is 1. The lowest BCUT2D eigenvalue weighted by atomic mass is 9.97. The van der Waals surface area contributed by atoms with Gasteiger partial charge in [-0.3, -0.25) is 4.57 Å². The Labute approximate surface area is 106 Å². The zero-order chi connectivity index (χ0) is 14.2. The van der Waals surface area contributed by atoms with Crippen molar-refractivity contribution in [2.75, 3.05) is 12.3 Å². The highest BCUT2D eigenvalue weighted by Crippen LogP contribution is 2.40. The van der Waals surface area contributed by atoms with E-state index in [4.69, 9.17) is 22.0 Å². The molecular formula is C10H11FN4O4. The van der Waals surface area contributed by atoms with Gasteiger partial charge in [0.1, 0.15) is 18.5 Å².